The van der Waals surface area contributed by atoms with Crippen molar-refractivity contribution < 1.29 is 5.11 Å². The molecule has 1 nitrogen and oxygen atoms in total. The highest BCUT2D eigenvalue weighted by molar-refractivity contribution is 5.40. The maximum atomic E-state index is 9.04. The first-order valence-electron chi connectivity index (χ1n) is 6.26. The van der Waals surface area contributed by atoms with Crippen molar-refractivity contribution in [3.8, 4) is 0 Å². The Kier molecular flexibility index (Phi) is 3.07. The predicted octanol–water partition coefficient (Wildman–Crippen LogP) is 3.40. The van der Waals surface area contributed by atoms with Crippen LogP contribution in [0.25, 0.3) is 0 Å². The number of aliphatic hydroxyl groups is 1. The van der Waals surface area contributed by atoms with Gasteiger partial charge in [-0.05, 0) is 47.3 Å². The van der Waals surface area contributed by atoms with Crippen LogP contribution < -0.4 is 0 Å². The van der Waals surface area contributed by atoms with Gasteiger partial charge in [0.25, 0.3) is 0 Å². The second-order valence-electron chi connectivity index (χ2n) is 5.91. The fourth-order valence-electron chi connectivity index (χ4n) is 2.63. The molecule has 1 aliphatic carbocycles. The Morgan fingerprint density at radius 2 is 2.06 bits per heavy atom. The number of hydrogen-bond donors (Lipinski definition) is 1. The highest BCUT2D eigenvalue weighted by Crippen LogP contribution is 2.37. The van der Waals surface area contributed by atoms with Gasteiger partial charge >= 0.3 is 0 Å². The molecule has 0 heterocycles. The number of fused-ring (bicyclic) bond motifs is 1. The second-order valence-corrected chi connectivity index (χ2v) is 5.91. The minimum atomic E-state index is 0.240. The summed E-state index contributed by atoms with van der Waals surface area (Å²) < 4.78 is 0. The van der Waals surface area contributed by atoms with Gasteiger partial charge in [0.05, 0.1) is 0 Å². The molecule has 0 aromatic heterocycles. The molecular weight excluding hydrogens is 196 g/mol. The van der Waals surface area contributed by atoms with Gasteiger partial charge in [0.1, 0.15) is 0 Å². The van der Waals surface area contributed by atoms with Crippen LogP contribution in [-0.4, -0.2) is 11.7 Å². The quantitative estimate of drug-likeness (QED) is 0.806. The average molecular weight is 218 g/mol. The van der Waals surface area contributed by atoms with Gasteiger partial charge in [0.2, 0.25) is 0 Å². The lowest BCUT2D eigenvalue weighted by Crippen LogP contribution is -2.11. The van der Waals surface area contributed by atoms with Crippen LogP contribution in [0.4, 0.5) is 0 Å². The normalized spacial score (nSPS) is 19.9. The third-order valence-corrected chi connectivity index (χ3v) is 3.69. The standard InChI is InChI=1S/C15H22O/c1-15(2,3)13-6-7-14-11(8-9-16)4-5-12(14)10-13/h6-7,10-11,16H,4-5,8-9H2,1-3H3. The minimum Gasteiger partial charge on any atom is -0.396 e. The van der Waals surface area contributed by atoms with Crippen LogP contribution in [0.5, 0.6) is 0 Å². The second kappa shape index (κ2) is 4.21. The van der Waals surface area contributed by atoms with Crippen molar-refractivity contribution in [1.82, 2.24) is 0 Å². The van der Waals surface area contributed by atoms with Gasteiger partial charge in [-0.2, -0.15) is 0 Å². The van der Waals surface area contributed by atoms with Crippen molar-refractivity contribution in [2.24, 2.45) is 0 Å². The first-order chi connectivity index (χ1) is 7.52. The summed E-state index contributed by atoms with van der Waals surface area (Å²) in [7, 11) is 0. The fourth-order valence-corrected chi connectivity index (χ4v) is 2.63. The molecule has 1 aromatic carbocycles. The van der Waals surface area contributed by atoms with Gasteiger partial charge in [0, 0.05) is 6.61 Å². The molecule has 0 spiro atoms. The zero-order valence-corrected chi connectivity index (χ0v) is 10.6. The van der Waals surface area contributed by atoms with Gasteiger partial charge < -0.3 is 5.11 Å². The van der Waals surface area contributed by atoms with Crippen molar-refractivity contribution in [2.75, 3.05) is 6.61 Å². The highest BCUT2D eigenvalue weighted by Gasteiger charge is 2.24. The maximum Gasteiger partial charge on any atom is 0.0436 e. The lowest BCUT2D eigenvalue weighted by Gasteiger charge is -2.20. The molecule has 88 valence electrons. The molecule has 1 aromatic rings. The number of aryl methyl sites for hydroxylation is 1. The molecule has 1 unspecified atom stereocenters. The number of benzene rings is 1. The maximum absolute atomic E-state index is 9.04. The van der Waals surface area contributed by atoms with Crippen molar-refractivity contribution in [2.45, 2.75) is 51.4 Å². The fraction of sp³-hybridized carbons (Fsp3) is 0.600. The van der Waals surface area contributed by atoms with Gasteiger partial charge in [-0.1, -0.05) is 39.0 Å². The molecule has 0 saturated heterocycles. The van der Waals surface area contributed by atoms with Crippen molar-refractivity contribution in [3.05, 3.63) is 34.9 Å². The van der Waals surface area contributed by atoms with E-state index in [0.717, 1.165) is 6.42 Å². The summed E-state index contributed by atoms with van der Waals surface area (Å²) in [5, 5.41) is 9.04. The Balaban J connectivity index is 2.29. The van der Waals surface area contributed by atoms with Crippen molar-refractivity contribution in [3.63, 3.8) is 0 Å². The Bertz CT molecular complexity index is 374. The van der Waals surface area contributed by atoms with Gasteiger partial charge in [-0.25, -0.2) is 0 Å². The summed E-state index contributed by atoms with van der Waals surface area (Å²) in [6.07, 6.45) is 3.31. The molecule has 1 atom stereocenters. The van der Waals surface area contributed by atoms with Crippen LogP contribution in [0, 0.1) is 0 Å². The van der Waals surface area contributed by atoms with E-state index in [2.05, 4.69) is 39.0 Å². The molecule has 0 aliphatic heterocycles. The Hall–Kier alpha value is -0.820. The molecular formula is C15H22O. The average Bonchev–Trinajstić information content (AvgIpc) is 2.60. The number of aliphatic hydroxyl groups excluding tert-OH is 1. The largest absolute Gasteiger partial charge is 0.396 e. The molecule has 0 bridgehead atoms. The summed E-state index contributed by atoms with van der Waals surface area (Å²) in [6.45, 7) is 7.09. The first kappa shape index (κ1) is 11.7. The van der Waals surface area contributed by atoms with Crippen LogP contribution in [0.3, 0.4) is 0 Å². The third-order valence-electron chi connectivity index (χ3n) is 3.69. The van der Waals surface area contributed by atoms with Gasteiger partial charge in [-0.15, -0.1) is 0 Å². The topological polar surface area (TPSA) is 20.2 Å². The van der Waals surface area contributed by atoms with Crippen LogP contribution in [-0.2, 0) is 11.8 Å². The third kappa shape index (κ3) is 2.15. The molecule has 16 heavy (non-hydrogen) atoms. The van der Waals surface area contributed by atoms with E-state index >= 15 is 0 Å². The van der Waals surface area contributed by atoms with Crippen LogP contribution in [0.1, 0.15) is 56.2 Å². The Labute approximate surface area is 98.5 Å². The molecule has 0 fully saturated rings. The summed E-state index contributed by atoms with van der Waals surface area (Å²) in [6, 6.07) is 6.91. The smallest absolute Gasteiger partial charge is 0.0436 e. The minimum absolute atomic E-state index is 0.240. The summed E-state index contributed by atoms with van der Waals surface area (Å²) >= 11 is 0. The van der Waals surface area contributed by atoms with E-state index in [1.807, 2.05) is 0 Å². The molecule has 0 amide bonds. The van der Waals surface area contributed by atoms with Crippen LogP contribution >= 0.6 is 0 Å². The zero-order chi connectivity index (χ0) is 11.8. The van der Waals surface area contributed by atoms with E-state index in [9.17, 15) is 0 Å². The van der Waals surface area contributed by atoms with Crippen LogP contribution in [0.15, 0.2) is 18.2 Å². The highest BCUT2D eigenvalue weighted by atomic mass is 16.3. The van der Waals surface area contributed by atoms with E-state index in [-0.39, 0.29) is 5.41 Å². The summed E-state index contributed by atoms with van der Waals surface area (Å²) in [5.41, 5.74) is 4.65. The molecule has 1 heteroatoms. The SMILES string of the molecule is CC(C)(C)c1ccc2c(c1)CCC2CCO. The van der Waals surface area contributed by atoms with E-state index in [1.54, 1.807) is 0 Å². The molecule has 0 radical (unpaired) electrons. The monoisotopic (exact) mass is 218 g/mol. The van der Waals surface area contributed by atoms with E-state index in [0.29, 0.717) is 12.5 Å². The van der Waals surface area contributed by atoms with Crippen molar-refractivity contribution >= 4 is 0 Å². The summed E-state index contributed by atoms with van der Waals surface area (Å²) in [5.74, 6) is 0.592. The van der Waals surface area contributed by atoms with Crippen molar-refractivity contribution in [1.29, 1.82) is 0 Å². The van der Waals surface area contributed by atoms with Crippen LogP contribution in [0.2, 0.25) is 0 Å². The van der Waals surface area contributed by atoms with E-state index < -0.39 is 0 Å². The van der Waals surface area contributed by atoms with Gasteiger partial charge in [0.15, 0.2) is 0 Å². The Morgan fingerprint density at radius 3 is 2.69 bits per heavy atom. The lowest BCUT2D eigenvalue weighted by atomic mass is 9.85. The molecule has 1 N–H and O–H groups in total. The number of hydrogen-bond acceptors (Lipinski definition) is 1. The summed E-state index contributed by atoms with van der Waals surface area (Å²) in [4.78, 5) is 0. The zero-order valence-electron chi connectivity index (χ0n) is 10.6. The molecule has 1 aliphatic rings. The van der Waals surface area contributed by atoms with Gasteiger partial charge in [-0.3, -0.25) is 0 Å². The molecule has 2 rings (SSSR count). The van der Waals surface area contributed by atoms with E-state index in [1.165, 1.54) is 29.5 Å². The predicted molar refractivity (Wildman–Crippen MR) is 67.9 cm³/mol. The first-order valence-corrected chi connectivity index (χ1v) is 6.26. The number of rotatable bonds is 2. The Morgan fingerprint density at radius 1 is 1.31 bits per heavy atom. The lowest BCUT2D eigenvalue weighted by molar-refractivity contribution is 0.275. The molecule has 0 saturated carbocycles. The van der Waals surface area contributed by atoms with E-state index in [4.69, 9.17) is 5.11 Å².